The average Bonchev–Trinajstić information content (AvgIpc) is 2.79. The summed E-state index contributed by atoms with van der Waals surface area (Å²) < 4.78 is 22.4. The molecule has 30 heavy (non-hydrogen) atoms. The molecule has 0 aliphatic heterocycles. The van der Waals surface area contributed by atoms with Gasteiger partial charge in [-0.2, -0.15) is 0 Å². The number of benzene rings is 1. The molecule has 0 radical (unpaired) electrons. The molecule has 1 aromatic carbocycles. The van der Waals surface area contributed by atoms with Crippen LogP contribution in [0.5, 0.6) is 11.5 Å². The maximum atomic E-state index is 5.78. The smallest absolute Gasteiger partial charge is 0.159 e. The Morgan fingerprint density at radius 2 is 1.10 bits per heavy atom. The van der Waals surface area contributed by atoms with Gasteiger partial charge in [0, 0.05) is 32.0 Å². The topological polar surface area (TPSA) is 62.7 Å². The molecule has 0 atom stereocenters. The van der Waals surface area contributed by atoms with Crippen LogP contribution in [0.25, 0.3) is 11.4 Å². The Balaban J connectivity index is 1.65. The lowest BCUT2D eigenvalue weighted by Crippen LogP contribution is -2.02. The molecule has 0 saturated heterocycles. The molecule has 0 saturated carbocycles. The van der Waals surface area contributed by atoms with Crippen LogP contribution in [0.4, 0.5) is 0 Å². The van der Waals surface area contributed by atoms with Gasteiger partial charge in [0.15, 0.2) is 11.6 Å². The van der Waals surface area contributed by atoms with Gasteiger partial charge in [0.05, 0.1) is 25.6 Å². The van der Waals surface area contributed by atoms with E-state index in [-0.39, 0.29) is 0 Å². The molecule has 0 amide bonds. The van der Waals surface area contributed by atoms with Crippen LogP contribution in [0, 0.1) is 0 Å². The number of aromatic nitrogens is 2. The van der Waals surface area contributed by atoms with Gasteiger partial charge in [0.2, 0.25) is 0 Å². The second-order valence-corrected chi connectivity index (χ2v) is 7.10. The number of hydrogen-bond acceptors (Lipinski definition) is 6. The van der Waals surface area contributed by atoms with Gasteiger partial charge in [-0.25, -0.2) is 9.97 Å². The SMILES string of the molecule is CCCOCCCCOc1ccc(-c2ncc(OCCCCOCCC)cn2)cc1. The minimum absolute atomic E-state index is 0.648. The van der Waals surface area contributed by atoms with E-state index in [9.17, 15) is 0 Å². The highest BCUT2D eigenvalue weighted by molar-refractivity contribution is 5.56. The first kappa shape index (κ1) is 24.1. The average molecular weight is 417 g/mol. The van der Waals surface area contributed by atoms with E-state index in [0.717, 1.165) is 76.3 Å². The summed E-state index contributed by atoms with van der Waals surface area (Å²) in [4.78, 5) is 8.83. The van der Waals surface area contributed by atoms with Crippen molar-refractivity contribution in [2.24, 2.45) is 0 Å². The lowest BCUT2D eigenvalue weighted by Gasteiger charge is -2.08. The van der Waals surface area contributed by atoms with Crippen molar-refractivity contribution in [3.05, 3.63) is 36.7 Å². The van der Waals surface area contributed by atoms with Crippen LogP contribution in [-0.4, -0.2) is 49.6 Å². The summed E-state index contributed by atoms with van der Waals surface area (Å²) in [6, 6.07) is 7.87. The van der Waals surface area contributed by atoms with Crippen LogP contribution in [-0.2, 0) is 9.47 Å². The van der Waals surface area contributed by atoms with Crippen LogP contribution >= 0.6 is 0 Å². The normalized spacial score (nSPS) is 10.9. The summed E-state index contributed by atoms with van der Waals surface area (Å²) in [5.41, 5.74) is 0.954. The zero-order valence-electron chi connectivity index (χ0n) is 18.5. The maximum absolute atomic E-state index is 5.78. The Kier molecular flexibility index (Phi) is 12.6. The summed E-state index contributed by atoms with van der Waals surface area (Å²) in [5.74, 6) is 2.22. The Morgan fingerprint density at radius 1 is 0.600 bits per heavy atom. The Bertz CT molecular complexity index is 602. The predicted octanol–water partition coefficient (Wildman–Crippen LogP) is 5.31. The van der Waals surface area contributed by atoms with Crippen LogP contribution < -0.4 is 9.47 Å². The van der Waals surface area contributed by atoms with Crippen molar-refractivity contribution < 1.29 is 18.9 Å². The first-order chi connectivity index (χ1) is 14.8. The zero-order chi connectivity index (χ0) is 21.3. The molecular weight excluding hydrogens is 380 g/mol. The number of hydrogen-bond donors (Lipinski definition) is 0. The molecule has 0 unspecified atom stereocenters. The van der Waals surface area contributed by atoms with Gasteiger partial charge in [-0.3, -0.25) is 0 Å². The third-order valence-corrected chi connectivity index (χ3v) is 4.34. The van der Waals surface area contributed by atoms with Crippen molar-refractivity contribution in [3.63, 3.8) is 0 Å². The maximum Gasteiger partial charge on any atom is 0.159 e. The van der Waals surface area contributed by atoms with E-state index in [1.165, 1.54) is 0 Å². The van der Waals surface area contributed by atoms with E-state index in [1.54, 1.807) is 12.4 Å². The number of ether oxygens (including phenoxy) is 4. The highest BCUT2D eigenvalue weighted by Gasteiger charge is 2.03. The second kappa shape index (κ2) is 15.6. The van der Waals surface area contributed by atoms with E-state index in [0.29, 0.717) is 24.8 Å². The first-order valence-electron chi connectivity index (χ1n) is 11.2. The predicted molar refractivity (Wildman–Crippen MR) is 119 cm³/mol. The first-order valence-corrected chi connectivity index (χ1v) is 11.2. The molecule has 0 aliphatic carbocycles. The minimum atomic E-state index is 0.648. The molecule has 0 bridgehead atoms. The van der Waals surface area contributed by atoms with Gasteiger partial charge in [0.25, 0.3) is 0 Å². The Labute approximate surface area is 180 Å². The van der Waals surface area contributed by atoms with E-state index < -0.39 is 0 Å². The van der Waals surface area contributed by atoms with Crippen molar-refractivity contribution in [1.29, 1.82) is 0 Å². The highest BCUT2D eigenvalue weighted by Crippen LogP contribution is 2.20. The molecule has 0 aliphatic rings. The van der Waals surface area contributed by atoms with Crippen molar-refractivity contribution in [3.8, 4) is 22.9 Å². The fraction of sp³-hybridized carbons (Fsp3) is 0.583. The summed E-state index contributed by atoms with van der Waals surface area (Å²) >= 11 is 0. The molecule has 0 spiro atoms. The molecule has 1 aromatic heterocycles. The van der Waals surface area contributed by atoms with E-state index in [4.69, 9.17) is 18.9 Å². The minimum Gasteiger partial charge on any atom is -0.494 e. The Hall–Kier alpha value is -2.18. The summed E-state index contributed by atoms with van der Waals surface area (Å²) in [7, 11) is 0. The molecule has 0 fully saturated rings. The summed E-state index contributed by atoms with van der Waals surface area (Å²) in [6.45, 7) is 8.84. The van der Waals surface area contributed by atoms with Crippen LogP contribution in [0.2, 0.25) is 0 Å². The molecule has 6 heteroatoms. The monoisotopic (exact) mass is 416 g/mol. The molecular formula is C24H36N2O4. The summed E-state index contributed by atoms with van der Waals surface area (Å²) in [5, 5.41) is 0. The van der Waals surface area contributed by atoms with Gasteiger partial charge in [-0.05, 0) is 62.8 Å². The lowest BCUT2D eigenvalue weighted by molar-refractivity contribution is 0.127. The van der Waals surface area contributed by atoms with Crippen LogP contribution in [0.3, 0.4) is 0 Å². The second-order valence-electron chi connectivity index (χ2n) is 7.10. The standard InChI is InChI=1S/C24H36N2O4/c1-3-13-27-15-5-7-17-29-22-11-9-21(10-12-22)24-25-19-23(20-26-24)30-18-8-6-16-28-14-4-2/h9-12,19-20H,3-8,13-18H2,1-2H3. The van der Waals surface area contributed by atoms with Crippen molar-refractivity contribution in [2.45, 2.75) is 52.4 Å². The zero-order valence-corrected chi connectivity index (χ0v) is 18.5. The number of rotatable bonds is 17. The number of nitrogens with zero attached hydrogens (tertiary/aromatic N) is 2. The third-order valence-electron chi connectivity index (χ3n) is 4.34. The van der Waals surface area contributed by atoms with Gasteiger partial charge < -0.3 is 18.9 Å². The molecule has 2 rings (SSSR count). The van der Waals surface area contributed by atoms with Crippen molar-refractivity contribution in [2.75, 3.05) is 39.6 Å². The quantitative estimate of drug-likeness (QED) is 0.326. The Morgan fingerprint density at radius 3 is 1.63 bits per heavy atom. The van der Waals surface area contributed by atoms with Gasteiger partial charge in [-0.1, -0.05) is 13.8 Å². The molecule has 6 nitrogen and oxygen atoms in total. The molecule has 166 valence electrons. The highest BCUT2D eigenvalue weighted by atomic mass is 16.5. The lowest BCUT2D eigenvalue weighted by atomic mass is 10.2. The van der Waals surface area contributed by atoms with Gasteiger partial charge in [0.1, 0.15) is 5.75 Å². The molecule has 2 aromatic rings. The van der Waals surface area contributed by atoms with Gasteiger partial charge in [-0.15, -0.1) is 0 Å². The van der Waals surface area contributed by atoms with Gasteiger partial charge >= 0.3 is 0 Å². The fourth-order valence-corrected chi connectivity index (χ4v) is 2.73. The van der Waals surface area contributed by atoms with E-state index in [2.05, 4.69) is 23.8 Å². The van der Waals surface area contributed by atoms with E-state index in [1.807, 2.05) is 24.3 Å². The van der Waals surface area contributed by atoms with Crippen molar-refractivity contribution in [1.82, 2.24) is 9.97 Å². The number of unbranched alkanes of at least 4 members (excludes halogenated alkanes) is 2. The molecule has 1 heterocycles. The third kappa shape index (κ3) is 10.0. The summed E-state index contributed by atoms with van der Waals surface area (Å²) in [6.07, 6.45) is 9.54. The molecule has 0 N–H and O–H groups in total. The van der Waals surface area contributed by atoms with Crippen LogP contribution in [0.15, 0.2) is 36.7 Å². The van der Waals surface area contributed by atoms with E-state index >= 15 is 0 Å². The van der Waals surface area contributed by atoms with Crippen molar-refractivity contribution >= 4 is 0 Å². The van der Waals surface area contributed by atoms with Crippen LogP contribution in [0.1, 0.15) is 52.4 Å². The fourth-order valence-electron chi connectivity index (χ4n) is 2.73. The largest absolute Gasteiger partial charge is 0.494 e.